The topological polar surface area (TPSA) is 55.3 Å². The van der Waals surface area contributed by atoms with Gasteiger partial charge in [-0.05, 0) is 20.0 Å². The SMILES string of the molecule is CCN(C)CCC(N)N. The predicted molar refractivity (Wildman–Crippen MR) is 40.0 cm³/mol. The minimum atomic E-state index is -0.154. The lowest BCUT2D eigenvalue weighted by Gasteiger charge is -2.14. The molecule has 56 valence electrons. The molecule has 0 heterocycles. The van der Waals surface area contributed by atoms with Crippen molar-refractivity contribution in [3.8, 4) is 0 Å². The zero-order valence-corrected chi connectivity index (χ0v) is 6.30. The van der Waals surface area contributed by atoms with Gasteiger partial charge in [-0.1, -0.05) is 6.92 Å². The quantitative estimate of drug-likeness (QED) is 0.509. The Labute approximate surface area is 57.0 Å². The van der Waals surface area contributed by atoms with Gasteiger partial charge in [0.15, 0.2) is 0 Å². The molecular formula is C6H17N3. The van der Waals surface area contributed by atoms with Crippen LogP contribution in [0.25, 0.3) is 0 Å². The summed E-state index contributed by atoms with van der Waals surface area (Å²) in [7, 11) is 2.06. The average molecular weight is 131 g/mol. The van der Waals surface area contributed by atoms with Gasteiger partial charge in [0, 0.05) is 6.54 Å². The first-order chi connectivity index (χ1) is 4.16. The summed E-state index contributed by atoms with van der Waals surface area (Å²) in [4.78, 5) is 2.19. The molecule has 3 heteroatoms. The summed E-state index contributed by atoms with van der Waals surface area (Å²) >= 11 is 0. The van der Waals surface area contributed by atoms with Crippen LogP contribution in [0.3, 0.4) is 0 Å². The third-order valence-electron chi connectivity index (χ3n) is 1.38. The van der Waals surface area contributed by atoms with Gasteiger partial charge in [-0.3, -0.25) is 0 Å². The maximum atomic E-state index is 5.35. The maximum Gasteiger partial charge on any atom is 0.0533 e. The van der Waals surface area contributed by atoms with Crippen LogP contribution >= 0.6 is 0 Å². The summed E-state index contributed by atoms with van der Waals surface area (Å²) in [6.07, 6.45) is 0.726. The molecule has 0 aromatic heterocycles. The van der Waals surface area contributed by atoms with E-state index in [1.165, 1.54) is 0 Å². The molecule has 0 bridgehead atoms. The monoisotopic (exact) mass is 131 g/mol. The lowest BCUT2D eigenvalue weighted by molar-refractivity contribution is 0.335. The van der Waals surface area contributed by atoms with E-state index in [0.717, 1.165) is 19.5 Å². The molecule has 0 spiro atoms. The fraction of sp³-hybridized carbons (Fsp3) is 1.00. The summed E-state index contributed by atoms with van der Waals surface area (Å²) in [6, 6.07) is 0. The van der Waals surface area contributed by atoms with Crippen molar-refractivity contribution in [3.05, 3.63) is 0 Å². The van der Waals surface area contributed by atoms with E-state index in [9.17, 15) is 0 Å². The molecule has 4 N–H and O–H groups in total. The summed E-state index contributed by atoms with van der Waals surface area (Å²) in [5.74, 6) is 0. The fourth-order valence-corrected chi connectivity index (χ4v) is 0.528. The van der Waals surface area contributed by atoms with E-state index < -0.39 is 0 Å². The van der Waals surface area contributed by atoms with Gasteiger partial charge in [-0.25, -0.2) is 0 Å². The average Bonchev–Trinajstić information content (AvgIpc) is 1.83. The van der Waals surface area contributed by atoms with Gasteiger partial charge in [0.2, 0.25) is 0 Å². The van der Waals surface area contributed by atoms with Gasteiger partial charge in [-0.15, -0.1) is 0 Å². The predicted octanol–water partition coefficient (Wildman–Crippen LogP) is -0.428. The largest absolute Gasteiger partial charge is 0.316 e. The van der Waals surface area contributed by atoms with Crippen molar-refractivity contribution in [1.29, 1.82) is 0 Å². The highest BCUT2D eigenvalue weighted by Gasteiger charge is 1.96. The van der Waals surface area contributed by atoms with Gasteiger partial charge < -0.3 is 16.4 Å². The number of rotatable bonds is 4. The van der Waals surface area contributed by atoms with Gasteiger partial charge in [0.1, 0.15) is 0 Å². The third-order valence-corrected chi connectivity index (χ3v) is 1.38. The highest BCUT2D eigenvalue weighted by atomic mass is 15.1. The van der Waals surface area contributed by atoms with E-state index in [4.69, 9.17) is 11.5 Å². The number of nitrogens with zero attached hydrogens (tertiary/aromatic N) is 1. The fourth-order valence-electron chi connectivity index (χ4n) is 0.528. The molecule has 0 unspecified atom stereocenters. The second-order valence-corrected chi connectivity index (χ2v) is 2.35. The number of hydrogen-bond donors (Lipinski definition) is 2. The van der Waals surface area contributed by atoms with Crippen LogP contribution in [0, 0.1) is 0 Å². The summed E-state index contributed by atoms with van der Waals surface area (Å²) < 4.78 is 0. The van der Waals surface area contributed by atoms with Crippen molar-refractivity contribution in [2.45, 2.75) is 19.5 Å². The molecule has 0 amide bonds. The van der Waals surface area contributed by atoms with Crippen LogP contribution in [-0.2, 0) is 0 Å². The molecule has 0 saturated carbocycles. The van der Waals surface area contributed by atoms with Crippen LogP contribution in [0.1, 0.15) is 13.3 Å². The van der Waals surface area contributed by atoms with Crippen molar-refractivity contribution >= 4 is 0 Å². The molecule has 0 fully saturated rings. The smallest absolute Gasteiger partial charge is 0.0533 e. The van der Waals surface area contributed by atoms with E-state index in [0.29, 0.717) is 0 Å². The lowest BCUT2D eigenvalue weighted by atomic mass is 10.3. The van der Waals surface area contributed by atoms with Crippen LogP contribution in [-0.4, -0.2) is 31.2 Å². The third kappa shape index (κ3) is 5.76. The molecule has 3 nitrogen and oxygen atoms in total. The molecule has 0 aliphatic rings. The maximum absolute atomic E-state index is 5.35. The van der Waals surface area contributed by atoms with Gasteiger partial charge >= 0.3 is 0 Å². The Bertz CT molecular complexity index is 63.3. The molecule has 0 aliphatic carbocycles. The molecule has 0 aromatic rings. The van der Waals surface area contributed by atoms with Gasteiger partial charge in [0.05, 0.1) is 6.17 Å². The van der Waals surface area contributed by atoms with E-state index >= 15 is 0 Å². The molecule has 0 aliphatic heterocycles. The Hall–Kier alpha value is -0.120. The van der Waals surface area contributed by atoms with Crippen LogP contribution in [0.4, 0.5) is 0 Å². The highest BCUT2D eigenvalue weighted by Crippen LogP contribution is 1.85. The highest BCUT2D eigenvalue weighted by molar-refractivity contribution is 4.54. The van der Waals surface area contributed by atoms with Crippen LogP contribution in [0.2, 0.25) is 0 Å². The Morgan fingerprint density at radius 1 is 1.44 bits per heavy atom. The summed E-state index contributed by atoms with van der Waals surface area (Å²) in [5, 5.41) is 0. The molecule has 0 atom stereocenters. The van der Waals surface area contributed by atoms with Crippen LogP contribution < -0.4 is 11.5 Å². The normalized spacial score (nSPS) is 11.3. The molecule has 0 radical (unpaired) electrons. The van der Waals surface area contributed by atoms with Crippen molar-refractivity contribution in [3.63, 3.8) is 0 Å². The zero-order valence-electron chi connectivity index (χ0n) is 6.30. The summed E-state index contributed by atoms with van der Waals surface area (Å²) in [6.45, 7) is 4.17. The molecule has 0 aromatic carbocycles. The van der Waals surface area contributed by atoms with Crippen molar-refractivity contribution < 1.29 is 0 Å². The van der Waals surface area contributed by atoms with Crippen molar-refractivity contribution in [1.82, 2.24) is 4.90 Å². The van der Waals surface area contributed by atoms with E-state index in [1.54, 1.807) is 0 Å². The molecular weight excluding hydrogens is 114 g/mol. The Kier molecular flexibility index (Phi) is 4.67. The molecule has 0 rings (SSSR count). The number of hydrogen-bond acceptors (Lipinski definition) is 3. The first-order valence-electron chi connectivity index (χ1n) is 3.36. The summed E-state index contributed by atoms with van der Waals surface area (Å²) in [5.41, 5.74) is 10.7. The standard InChI is InChI=1S/C6H17N3/c1-3-9(2)5-4-6(7)8/h6H,3-5,7-8H2,1-2H3. The minimum absolute atomic E-state index is 0.154. The Morgan fingerprint density at radius 2 is 2.00 bits per heavy atom. The second kappa shape index (κ2) is 4.73. The van der Waals surface area contributed by atoms with Crippen LogP contribution in [0.15, 0.2) is 0 Å². The van der Waals surface area contributed by atoms with Crippen LogP contribution in [0.5, 0.6) is 0 Å². The Morgan fingerprint density at radius 3 is 2.33 bits per heavy atom. The van der Waals surface area contributed by atoms with E-state index in [-0.39, 0.29) is 6.17 Å². The number of nitrogens with two attached hydrogens (primary N) is 2. The van der Waals surface area contributed by atoms with Crippen molar-refractivity contribution in [2.75, 3.05) is 20.1 Å². The van der Waals surface area contributed by atoms with Gasteiger partial charge in [-0.2, -0.15) is 0 Å². The first kappa shape index (κ1) is 8.88. The van der Waals surface area contributed by atoms with E-state index in [2.05, 4.69) is 18.9 Å². The lowest BCUT2D eigenvalue weighted by Crippen LogP contribution is -2.34. The molecule has 0 saturated heterocycles. The molecule has 9 heavy (non-hydrogen) atoms. The second-order valence-electron chi connectivity index (χ2n) is 2.35. The van der Waals surface area contributed by atoms with Crippen molar-refractivity contribution in [2.24, 2.45) is 11.5 Å². The van der Waals surface area contributed by atoms with E-state index in [1.807, 2.05) is 0 Å². The van der Waals surface area contributed by atoms with Gasteiger partial charge in [0.25, 0.3) is 0 Å². The first-order valence-corrected chi connectivity index (χ1v) is 3.36. The minimum Gasteiger partial charge on any atom is -0.316 e. The zero-order chi connectivity index (χ0) is 7.28. The Balaban J connectivity index is 3.06.